The topological polar surface area (TPSA) is 115 Å². The zero-order chi connectivity index (χ0) is 15.7. The molecule has 1 rings (SSSR count). The molecule has 6 nitrogen and oxygen atoms in total. The van der Waals surface area contributed by atoms with E-state index in [1.54, 1.807) is 0 Å². The van der Waals surface area contributed by atoms with Gasteiger partial charge in [-0.15, -0.1) is 0 Å². The van der Waals surface area contributed by atoms with Gasteiger partial charge in [-0.2, -0.15) is 0 Å². The molecule has 0 heterocycles. The van der Waals surface area contributed by atoms with Crippen LogP contribution in [0.2, 0.25) is 0 Å². The van der Waals surface area contributed by atoms with Crippen molar-refractivity contribution in [1.82, 2.24) is 4.72 Å². The number of hydrogen-bond acceptors (Lipinski definition) is 4. The number of primary amides is 1. The van der Waals surface area contributed by atoms with E-state index in [-0.39, 0.29) is 12.1 Å². The minimum Gasteiger partial charge on any atom is -0.399 e. The molecule has 1 aromatic carbocycles. The molecular weight excluding hydrogens is 292 g/mol. The standard InChI is InChI=1S/C11H15F2N3O3S/c1-11(2,5-9(15)17)16-20(18,19)10-7(12)3-6(14)4-8(10)13/h3-4,16H,5,14H2,1-2H3,(H2,15,17). The summed E-state index contributed by atoms with van der Waals surface area (Å²) in [7, 11) is -4.51. The quantitative estimate of drug-likeness (QED) is 0.686. The number of carbonyl (C=O) groups is 1. The number of nitrogen functional groups attached to an aromatic ring is 1. The summed E-state index contributed by atoms with van der Waals surface area (Å²) < 4.78 is 53.3. The molecule has 0 unspecified atom stereocenters. The monoisotopic (exact) mass is 307 g/mol. The second-order valence-corrected chi connectivity index (χ2v) is 6.57. The summed E-state index contributed by atoms with van der Waals surface area (Å²) in [5.41, 5.74) is 8.66. The Labute approximate surface area is 115 Å². The number of rotatable bonds is 5. The number of sulfonamides is 1. The Bertz CT molecular complexity index is 621. The van der Waals surface area contributed by atoms with Crippen LogP contribution in [0.5, 0.6) is 0 Å². The molecule has 0 atom stereocenters. The highest BCUT2D eigenvalue weighted by molar-refractivity contribution is 7.89. The van der Waals surface area contributed by atoms with Gasteiger partial charge < -0.3 is 11.5 Å². The van der Waals surface area contributed by atoms with Crippen LogP contribution >= 0.6 is 0 Å². The van der Waals surface area contributed by atoms with Crippen LogP contribution < -0.4 is 16.2 Å². The van der Waals surface area contributed by atoms with Crippen molar-refractivity contribution in [3.63, 3.8) is 0 Å². The van der Waals surface area contributed by atoms with Crippen LogP contribution in [0.3, 0.4) is 0 Å². The number of nitrogens with two attached hydrogens (primary N) is 2. The van der Waals surface area contributed by atoms with Crippen molar-refractivity contribution in [3.05, 3.63) is 23.8 Å². The highest BCUT2D eigenvalue weighted by atomic mass is 32.2. The summed E-state index contributed by atoms with van der Waals surface area (Å²) in [6.07, 6.45) is -0.329. The van der Waals surface area contributed by atoms with Crippen molar-refractivity contribution >= 4 is 21.6 Å². The van der Waals surface area contributed by atoms with Crippen molar-refractivity contribution in [2.45, 2.75) is 30.7 Å². The highest BCUT2D eigenvalue weighted by Crippen LogP contribution is 2.23. The van der Waals surface area contributed by atoms with Gasteiger partial charge in [0.05, 0.1) is 0 Å². The van der Waals surface area contributed by atoms with E-state index in [0.717, 1.165) is 0 Å². The molecule has 0 fully saturated rings. The lowest BCUT2D eigenvalue weighted by Crippen LogP contribution is -2.46. The number of amides is 1. The third-order valence-corrected chi connectivity index (χ3v) is 4.06. The molecule has 0 saturated heterocycles. The van der Waals surface area contributed by atoms with Gasteiger partial charge in [0.2, 0.25) is 15.9 Å². The van der Waals surface area contributed by atoms with Crippen LogP contribution in [0.4, 0.5) is 14.5 Å². The van der Waals surface area contributed by atoms with E-state index in [1.807, 2.05) is 4.72 Å². The molecule has 112 valence electrons. The van der Waals surface area contributed by atoms with Gasteiger partial charge in [0.15, 0.2) is 4.90 Å². The first-order valence-electron chi connectivity index (χ1n) is 5.51. The number of carbonyl (C=O) groups excluding carboxylic acids is 1. The average molecular weight is 307 g/mol. The van der Waals surface area contributed by atoms with Gasteiger partial charge in [-0.3, -0.25) is 4.79 Å². The second kappa shape index (κ2) is 5.33. The zero-order valence-electron chi connectivity index (χ0n) is 10.9. The van der Waals surface area contributed by atoms with E-state index >= 15 is 0 Å². The number of hydrogen-bond donors (Lipinski definition) is 3. The van der Waals surface area contributed by atoms with Crippen molar-refractivity contribution in [2.24, 2.45) is 5.73 Å². The summed E-state index contributed by atoms with van der Waals surface area (Å²) >= 11 is 0. The van der Waals surface area contributed by atoms with Gasteiger partial charge in [-0.25, -0.2) is 21.9 Å². The second-order valence-electron chi connectivity index (χ2n) is 4.95. The Morgan fingerprint density at radius 3 is 2.15 bits per heavy atom. The summed E-state index contributed by atoms with van der Waals surface area (Å²) in [6.45, 7) is 2.73. The van der Waals surface area contributed by atoms with Crippen molar-refractivity contribution in [1.29, 1.82) is 0 Å². The van der Waals surface area contributed by atoms with Crippen LogP contribution in [0.25, 0.3) is 0 Å². The molecule has 0 aromatic heterocycles. The van der Waals surface area contributed by atoms with Gasteiger partial charge >= 0.3 is 0 Å². The van der Waals surface area contributed by atoms with Crippen molar-refractivity contribution < 1.29 is 22.0 Å². The smallest absolute Gasteiger partial charge is 0.246 e. The van der Waals surface area contributed by atoms with Crippen LogP contribution in [0.15, 0.2) is 17.0 Å². The number of anilines is 1. The maximum atomic E-state index is 13.6. The molecule has 20 heavy (non-hydrogen) atoms. The van der Waals surface area contributed by atoms with E-state index in [4.69, 9.17) is 11.5 Å². The molecule has 0 aliphatic heterocycles. The lowest BCUT2D eigenvalue weighted by Gasteiger charge is -2.24. The first-order chi connectivity index (χ1) is 8.94. The molecule has 0 aliphatic rings. The Morgan fingerprint density at radius 1 is 1.30 bits per heavy atom. The summed E-state index contributed by atoms with van der Waals surface area (Å²) in [4.78, 5) is 9.69. The van der Waals surface area contributed by atoms with Gasteiger partial charge in [0, 0.05) is 17.6 Å². The van der Waals surface area contributed by atoms with Crippen LogP contribution in [0.1, 0.15) is 20.3 Å². The predicted molar refractivity (Wildman–Crippen MR) is 69.0 cm³/mol. The van der Waals surface area contributed by atoms with Crippen LogP contribution in [-0.4, -0.2) is 19.9 Å². The largest absolute Gasteiger partial charge is 0.399 e. The fourth-order valence-corrected chi connectivity index (χ4v) is 3.26. The molecule has 0 radical (unpaired) electrons. The number of nitrogens with one attached hydrogen (secondary N) is 1. The predicted octanol–water partition coefficient (Wildman–Crippen LogP) is 0.479. The van der Waals surface area contributed by atoms with Crippen molar-refractivity contribution in [3.8, 4) is 0 Å². The number of benzene rings is 1. The molecule has 9 heteroatoms. The van der Waals surface area contributed by atoms with Crippen LogP contribution in [0, 0.1) is 11.6 Å². The molecule has 0 aliphatic carbocycles. The molecule has 1 amide bonds. The fourth-order valence-electron chi connectivity index (χ4n) is 1.72. The lowest BCUT2D eigenvalue weighted by atomic mass is 10.0. The lowest BCUT2D eigenvalue weighted by molar-refractivity contribution is -0.119. The normalized spacial score (nSPS) is 12.4. The highest BCUT2D eigenvalue weighted by Gasteiger charge is 2.32. The zero-order valence-corrected chi connectivity index (χ0v) is 11.7. The summed E-state index contributed by atoms with van der Waals surface area (Å²) in [5, 5.41) is 0. The van der Waals surface area contributed by atoms with E-state index < -0.39 is 38.0 Å². The van der Waals surface area contributed by atoms with E-state index in [2.05, 4.69) is 0 Å². The van der Waals surface area contributed by atoms with Crippen molar-refractivity contribution in [2.75, 3.05) is 5.73 Å². The van der Waals surface area contributed by atoms with E-state index in [0.29, 0.717) is 12.1 Å². The molecular formula is C11H15F2N3O3S. The van der Waals surface area contributed by atoms with Gasteiger partial charge in [0.25, 0.3) is 0 Å². The van der Waals surface area contributed by atoms with E-state index in [1.165, 1.54) is 13.8 Å². The third kappa shape index (κ3) is 3.87. The average Bonchev–Trinajstić information content (AvgIpc) is 2.08. The van der Waals surface area contributed by atoms with Gasteiger partial charge in [-0.1, -0.05) is 0 Å². The molecule has 5 N–H and O–H groups in total. The Morgan fingerprint density at radius 2 is 1.75 bits per heavy atom. The Hall–Kier alpha value is -1.74. The molecule has 0 saturated carbocycles. The minimum atomic E-state index is -4.51. The first kappa shape index (κ1) is 16.3. The Balaban J connectivity index is 3.22. The summed E-state index contributed by atoms with van der Waals surface area (Å²) in [5.74, 6) is -3.38. The minimum absolute atomic E-state index is 0.240. The third-order valence-electron chi connectivity index (χ3n) is 2.32. The Kier molecular flexibility index (Phi) is 4.35. The maximum Gasteiger partial charge on any atom is 0.246 e. The summed E-state index contributed by atoms with van der Waals surface area (Å²) in [6, 6.07) is 1.39. The van der Waals surface area contributed by atoms with E-state index in [9.17, 15) is 22.0 Å². The van der Waals surface area contributed by atoms with Crippen LogP contribution in [-0.2, 0) is 14.8 Å². The van der Waals surface area contributed by atoms with Gasteiger partial charge in [-0.05, 0) is 26.0 Å². The fraction of sp³-hybridized carbons (Fsp3) is 0.364. The molecule has 1 aromatic rings. The number of halogens is 2. The first-order valence-corrected chi connectivity index (χ1v) is 7.00. The SMILES string of the molecule is CC(C)(CC(N)=O)NS(=O)(=O)c1c(F)cc(N)cc1F. The van der Waals surface area contributed by atoms with Gasteiger partial charge in [0.1, 0.15) is 11.6 Å². The maximum absolute atomic E-state index is 13.6. The molecule has 0 spiro atoms. The molecule has 0 bridgehead atoms.